The third-order valence-electron chi connectivity index (χ3n) is 4.90. The highest BCUT2D eigenvalue weighted by Crippen LogP contribution is 2.41. The number of thiophene rings is 1. The number of fused-ring (bicyclic) bond motifs is 1. The van der Waals surface area contributed by atoms with Gasteiger partial charge in [0.15, 0.2) is 0 Å². The van der Waals surface area contributed by atoms with Crippen LogP contribution < -0.4 is 5.32 Å². The van der Waals surface area contributed by atoms with E-state index >= 15 is 0 Å². The average molecular weight is 388 g/mol. The van der Waals surface area contributed by atoms with Gasteiger partial charge in [-0.1, -0.05) is 13.3 Å². The van der Waals surface area contributed by atoms with Gasteiger partial charge in [0.05, 0.1) is 17.6 Å². The number of hydrogen-bond acceptors (Lipinski definition) is 6. The number of carbonyl (C=O) groups excluding carboxylic acids is 2. The molecule has 1 aromatic carbocycles. The van der Waals surface area contributed by atoms with Crippen LogP contribution in [0.5, 0.6) is 0 Å². The molecule has 0 saturated carbocycles. The third-order valence-corrected chi connectivity index (χ3v) is 6.07. The summed E-state index contributed by atoms with van der Waals surface area (Å²) in [6, 6.07) is 5.35. The van der Waals surface area contributed by atoms with Crippen molar-refractivity contribution in [3.8, 4) is 0 Å². The van der Waals surface area contributed by atoms with Gasteiger partial charge < -0.3 is 10.1 Å². The van der Waals surface area contributed by atoms with Crippen LogP contribution in [0, 0.1) is 16.0 Å². The molecule has 1 aliphatic rings. The number of nitro groups is 1. The lowest BCUT2D eigenvalue weighted by Crippen LogP contribution is -2.16. The van der Waals surface area contributed by atoms with Crippen molar-refractivity contribution in [3.63, 3.8) is 0 Å². The van der Waals surface area contributed by atoms with Crippen LogP contribution in [-0.2, 0) is 17.6 Å². The molecule has 8 heteroatoms. The van der Waals surface area contributed by atoms with E-state index in [-0.39, 0.29) is 11.3 Å². The Morgan fingerprint density at radius 2 is 2.04 bits per heavy atom. The number of non-ortho nitro benzene ring substituents is 1. The maximum absolute atomic E-state index is 12.6. The first-order valence-electron chi connectivity index (χ1n) is 8.73. The molecule has 3 rings (SSSR count). The van der Waals surface area contributed by atoms with Crippen LogP contribution in [0.1, 0.15) is 50.9 Å². The molecule has 27 heavy (non-hydrogen) atoms. The van der Waals surface area contributed by atoms with Gasteiger partial charge in [0, 0.05) is 22.6 Å². The summed E-state index contributed by atoms with van der Waals surface area (Å²) < 4.78 is 4.93. The molecule has 0 bridgehead atoms. The van der Waals surface area contributed by atoms with Crippen molar-refractivity contribution in [2.75, 3.05) is 12.4 Å². The third kappa shape index (κ3) is 3.85. The summed E-state index contributed by atoms with van der Waals surface area (Å²) >= 11 is 1.41. The Kier molecular flexibility index (Phi) is 5.55. The van der Waals surface area contributed by atoms with Gasteiger partial charge in [-0.15, -0.1) is 11.3 Å². The molecule has 1 unspecified atom stereocenters. The molecule has 0 fully saturated rings. The molecule has 142 valence electrons. The van der Waals surface area contributed by atoms with Crippen LogP contribution in [0.25, 0.3) is 0 Å². The van der Waals surface area contributed by atoms with Crippen molar-refractivity contribution in [1.29, 1.82) is 0 Å². The fourth-order valence-electron chi connectivity index (χ4n) is 3.32. The standard InChI is InChI=1S/C19H20N2O5S/c1-3-11-4-9-14-15(10-11)27-18(16(14)19(23)26-2)20-17(22)12-5-7-13(8-6-12)21(24)25/h5-8,11H,3-4,9-10H2,1-2H3,(H,20,22). The number of nitrogens with one attached hydrogen (secondary N) is 1. The van der Waals surface area contributed by atoms with E-state index < -0.39 is 16.8 Å². The number of anilines is 1. The number of amides is 1. The largest absolute Gasteiger partial charge is 0.465 e. The van der Waals surface area contributed by atoms with Crippen molar-refractivity contribution >= 4 is 33.9 Å². The van der Waals surface area contributed by atoms with Crippen LogP contribution in [0.3, 0.4) is 0 Å². The fraction of sp³-hybridized carbons (Fsp3) is 0.368. The van der Waals surface area contributed by atoms with Gasteiger partial charge in [-0.3, -0.25) is 14.9 Å². The highest BCUT2D eigenvalue weighted by atomic mass is 32.1. The molecular formula is C19H20N2O5S. The summed E-state index contributed by atoms with van der Waals surface area (Å²) in [5.41, 5.74) is 1.60. The maximum atomic E-state index is 12.6. The lowest BCUT2D eigenvalue weighted by atomic mass is 9.85. The van der Waals surface area contributed by atoms with Crippen LogP contribution in [0.2, 0.25) is 0 Å². The Bertz CT molecular complexity index is 888. The normalized spacial score (nSPS) is 15.7. The number of nitro benzene ring substituents is 1. The van der Waals surface area contributed by atoms with E-state index in [1.165, 1.54) is 42.7 Å². The molecule has 0 spiro atoms. The number of hydrogen-bond donors (Lipinski definition) is 1. The molecule has 1 aliphatic carbocycles. The molecule has 0 saturated heterocycles. The molecule has 0 aliphatic heterocycles. The Morgan fingerprint density at radius 1 is 1.33 bits per heavy atom. The van der Waals surface area contributed by atoms with Crippen LogP contribution in [-0.4, -0.2) is 23.9 Å². The Morgan fingerprint density at radius 3 is 2.63 bits per heavy atom. The number of carbonyl (C=O) groups is 2. The first-order chi connectivity index (χ1) is 12.9. The van der Waals surface area contributed by atoms with Crippen molar-refractivity contribution < 1.29 is 19.2 Å². The SMILES string of the molecule is CCC1CCc2c(sc(NC(=O)c3ccc([N+](=O)[O-])cc3)c2C(=O)OC)C1. The zero-order valence-corrected chi connectivity index (χ0v) is 15.9. The molecule has 1 amide bonds. The Hall–Kier alpha value is -2.74. The summed E-state index contributed by atoms with van der Waals surface area (Å²) in [7, 11) is 1.33. The molecular weight excluding hydrogens is 368 g/mol. The molecule has 2 aromatic rings. The molecule has 1 N–H and O–H groups in total. The molecule has 7 nitrogen and oxygen atoms in total. The summed E-state index contributed by atoms with van der Waals surface area (Å²) in [6.07, 6.45) is 3.78. The number of benzene rings is 1. The van der Waals surface area contributed by atoms with E-state index in [2.05, 4.69) is 12.2 Å². The summed E-state index contributed by atoms with van der Waals surface area (Å²) in [6.45, 7) is 2.15. The summed E-state index contributed by atoms with van der Waals surface area (Å²) in [4.78, 5) is 36.2. The van der Waals surface area contributed by atoms with Crippen molar-refractivity contribution in [3.05, 3.63) is 55.9 Å². The van der Waals surface area contributed by atoms with Crippen LogP contribution >= 0.6 is 11.3 Å². The van der Waals surface area contributed by atoms with Gasteiger partial charge in [-0.2, -0.15) is 0 Å². The van der Waals surface area contributed by atoms with Crippen molar-refractivity contribution in [1.82, 2.24) is 0 Å². The first-order valence-corrected chi connectivity index (χ1v) is 9.54. The van der Waals surface area contributed by atoms with E-state index in [0.717, 1.165) is 36.1 Å². The minimum absolute atomic E-state index is 0.0843. The number of esters is 1. The fourth-order valence-corrected chi connectivity index (χ4v) is 4.66. The first kappa shape index (κ1) is 19.0. The van der Waals surface area contributed by atoms with E-state index in [4.69, 9.17) is 4.74 Å². The zero-order valence-electron chi connectivity index (χ0n) is 15.1. The average Bonchev–Trinajstić information content (AvgIpc) is 3.04. The quantitative estimate of drug-likeness (QED) is 0.470. The highest BCUT2D eigenvalue weighted by Gasteiger charge is 2.29. The molecule has 0 radical (unpaired) electrons. The van der Waals surface area contributed by atoms with E-state index in [9.17, 15) is 19.7 Å². The summed E-state index contributed by atoms with van der Waals surface area (Å²) in [5, 5.41) is 14.0. The maximum Gasteiger partial charge on any atom is 0.341 e. The predicted octanol–water partition coefficient (Wildman–Crippen LogP) is 4.21. The van der Waals surface area contributed by atoms with E-state index in [0.29, 0.717) is 16.5 Å². The minimum atomic E-state index is -0.519. The molecule has 1 heterocycles. The minimum Gasteiger partial charge on any atom is -0.465 e. The number of rotatable bonds is 5. The monoisotopic (exact) mass is 388 g/mol. The van der Waals surface area contributed by atoms with Crippen molar-refractivity contribution in [2.45, 2.75) is 32.6 Å². The smallest absolute Gasteiger partial charge is 0.341 e. The summed E-state index contributed by atoms with van der Waals surface area (Å²) in [5.74, 6) is -0.290. The zero-order chi connectivity index (χ0) is 19.6. The van der Waals surface area contributed by atoms with Gasteiger partial charge in [-0.25, -0.2) is 4.79 Å². The number of ether oxygens (including phenoxy) is 1. The van der Waals surface area contributed by atoms with Gasteiger partial charge in [0.1, 0.15) is 5.00 Å². The van der Waals surface area contributed by atoms with E-state index in [1.54, 1.807) is 0 Å². The molecule has 1 aromatic heterocycles. The predicted molar refractivity (Wildman–Crippen MR) is 103 cm³/mol. The Balaban J connectivity index is 1.89. The van der Waals surface area contributed by atoms with Gasteiger partial charge in [-0.05, 0) is 42.9 Å². The van der Waals surface area contributed by atoms with Gasteiger partial charge >= 0.3 is 5.97 Å². The second-order valence-electron chi connectivity index (χ2n) is 6.47. The van der Waals surface area contributed by atoms with E-state index in [1.807, 2.05) is 0 Å². The van der Waals surface area contributed by atoms with Crippen LogP contribution in [0.4, 0.5) is 10.7 Å². The van der Waals surface area contributed by atoms with Crippen LogP contribution in [0.15, 0.2) is 24.3 Å². The van der Waals surface area contributed by atoms with Gasteiger partial charge in [0.2, 0.25) is 0 Å². The second kappa shape index (κ2) is 7.87. The second-order valence-corrected chi connectivity index (χ2v) is 7.58. The Labute approximate surface area is 160 Å². The van der Waals surface area contributed by atoms with Gasteiger partial charge in [0.25, 0.3) is 11.6 Å². The lowest BCUT2D eigenvalue weighted by molar-refractivity contribution is -0.384. The number of nitrogens with zero attached hydrogens (tertiary/aromatic N) is 1. The van der Waals surface area contributed by atoms with Crippen molar-refractivity contribution in [2.24, 2.45) is 5.92 Å². The number of methoxy groups -OCH3 is 1. The molecule has 1 atom stereocenters. The highest BCUT2D eigenvalue weighted by molar-refractivity contribution is 7.17. The lowest BCUT2D eigenvalue weighted by Gasteiger charge is -2.20. The topological polar surface area (TPSA) is 98.5 Å².